The van der Waals surface area contributed by atoms with E-state index < -0.39 is 36.9 Å². The number of aliphatic hydroxyl groups is 1. The van der Waals surface area contributed by atoms with Crippen LogP contribution in [0, 0.1) is 0 Å². The fourth-order valence-electron chi connectivity index (χ4n) is 2.73. The first-order chi connectivity index (χ1) is 10.7. The average molecular weight is 307 g/mol. The van der Waals surface area contributed by atoms with Gasteiger partial charge in [-0.05, 0) is 5.53 Å². The van der Waals surface area contributed by atoms with Crippen LogP contribution in [0.1, 0.15) is 11.9 Å². The standard InChI is InChI=1S/C14H17N3O5/c1-19-14-10(16-17-15)11(18)12-9(21-14)7-20-13(22-12)8-5-3-2-4-6-8/h2-6,9-14,18H,7H2,1H3/t9-,10-,11-,12+,13+,14-/m1/s1. The van der Waals surface area contributed by atoms with Crippen molar-refractivity contribution in [2.45, 2.75) is 36.9 Å². The molecule has 118 valence electrons. The van der Waals surface area contributed by atoms with Gasteiger partial charge >= 0.3 is 0 Å². The number of nitrogens with zero attached hydrogens (tertiary/aromatic N) is 3. The summed E-state index contributed by atoms with van der Waals surface area (Å²) in [6, 6.07) is 8.55. The minimum Gasteiger partial charge on any atom is -0.390 e. The molecule has 8 heteroatoms. The molecule has 0 bridgehead atoms. The molecule has 2 aliphatic heterocycles. The topological polar surface area (TPSA) is 106 Å². The van der Waals surface area contributed by atoms with E-state index in [0.29, 0.717) is 0 Å². The number of benzene rings is 1. The van der Waals surface area contributed by atoms with Gasteiger partial charge in [-0.3, -0.25) is 0 Å². The van der Waals surface area contributed by atoms with Crippen molar-refractivity contribution in [2.75, 3.05) is 13.7 Å². The molecule has 1 aromatic carbocycles. The van der Waals surface area contributed by atoms with E-state index >= 15 is 0 Å². The SMILES string of the molecule is CO[C@@H]1O[C@@H]2CO[C@H](c3ccccc3)O[C@@H]2[C@H](O)[C@H]1N=[N+]=[N-]. The van der Waals surface area contributed by atoms with Crippen LogP contribution in [0.3, 0.4) is 0 Å². The maximum atomic E-state index is 10.5. The van der Waals surface area contributed by atoms with Gasteiger partial charge in [0.2, 0.25) is 0 Å². The van der Waals surface area contributed by atoms with Gasteiger partial charge in [0.15, 0.2) is 12.6 Å². The summed E-state index contributed by atoms with van der Waals surface area (Å²) in [5.74, 6) is 0. The number of aliphatic hydroxyl groups excluding tert-OH is 1. The molecule has 0 aliphatic carbocycles. The van der Waals surface area contributed by atoms with Crippen LogP contribution in [-0.4, -0.2) is 49.5 Å². The number of azide groups is 1. The summed E-state index contributed by atoms with van der Waals surface area (Å²) < 4.78 is 22.3. The Hall–Kier alpha value is -1.67. The molecule has 22 heavy (non-hydrogen) atoms. The van der Waals surface area contributed by atoms with Crippen LogP contribution in [-0.2, 0) is 18.9 Å². The number of rotatable bonds is 3. The maximum absolute atomic E-state index is 10.5. The van der Waals surface area contributed by atoms with E-state index in [9.17, 15) is 5.11 Å². The first-order valence-corrected chi connectivity index (χ1v) is 6.97. The summed E-state index contributed by atoms with van der Waals surface area (Å²) in [6.45, 7) is 0.254. The molecule has 2 fully saturated rings. The summed E-state index contributed by atoms with van der Waals surface area (Å²) in [7, 11) is 1.43. The van der Waals surface area contributed by atoms with Crippen molar-refractivity contribution in [3.05, 3.63) is 46.3 Å². The Morgan fingerprint density at radius 2 is 2.09 bits per heavy atom. The zero-order valence-electron chi connectivity index (χ0n) is 12.0. The van der Waals surface area contributed by atoms with Crippen LogP contribution in [0.25, 0.3) is 10.4 Å². The quantitative estimate of drug-likeness (QED) is 0.517. The lowest BCUT2D eigenvalue weighted by molar-refractivity contribution is -0.338. The molecule has 0 aromatic heterocycles. The second kappa shape index (κ2) is 6.62. The van der Waals surface area contributed by atoms with Crippen LogP contribution in [0.4, 0.5) is 0 Å². The number of methoxy groups -OCH3 is 1. The van der Waals surface area contributed by atoms with Crippen LogP contribution in [0.15, 0.2) is 35.4 Å². The molecule has 2 saturated heterocycles. The fraction of sp³-hybridized carbons (Fsp3) is 0.571. The van der Waals surface area contributed by atoms with E-state index in [0.717, 1.165) is 5.56 Å². The highest BCUT2D eigenvalue weighted by atomic mass is 16.7. The second-order valence-electron chi connectivity index (χ2n) is 5.14. The summed E-state index contributed by atoms with van der Waals surface area (Å²) in [5, 5.41) is 14.0. The lowest BCUT2D eigenvalue weighted by atomic mass is 9.96. The second-order valence-corrected chi connectivity index (χ2v) is 5.14. The van der Waals surface area contributed by atoms with Crippen molar-refractivity contribution in [3.63, 3.8) is 0 Å². The van der Waals surface area contributed by atoms with Gasteiger partial charge < -0.3 is 24.1 Å². The summed E-state index contributed by atoms with van der Waals surface area (Å²) >= 11 is 0. The van der Waals surface area contributed by atoms with Crippen molar-refractivity contribution in [2.24, 2.45) is 5.11 Å². The van der Waals surface area contributed by atoms with E-state index in [2.05, 4.69) is 10.0 Å². The summed E-state index contributed by atoms with van der Waals surface area (Å²) in [4.78, 5) is 2.74. The number of ether oxygens (including phenoxy) is 4. The highest BCUT2D eigenvalue weighted by Crippen LogP contribution is 2.35. The number of hydrogen-bond donors (Lipinski definition) is 1. The third-order valence-corrected chi connectivity index (χ3v) is 3.82. The van der Waals surface area contributed by atoms with Gasteiger partial charge in [0, 0.05) is 17.6 Å². The van der Waals surface area contributed by atoms with Gasteiger partial charge in [-0.15, -0.1) is 0 Å². The highest BCUT2D eigenvalue weighted by molar-refractivity contribution is 5.16. The van der Waals surface area contributed by atoms with Gasteiger partial charge in [-0.2, -0.15) is 0 Å². The maximum Gasteiger partial charge on any atom is 0.184 e. The number of hydrogen-bond acceptors (Lipinski definition) is 6. The molecule has 0 unspecified atom stereocenters. The molecule has 0 saturated carbocycles. The Bertz CT molecular complexity index is 551. The van der Waals surface area contributed by atoms with Crippen molar-refractivity contribution in [3.8, 4) is 0 Å². The minimum absolute atomic E-state index is 0.254. The van der Waals surface area contributed by atoms with Gasteiger partial charge in [-0.1, -0.05) is 35.4 Å². The molecule has 2 aliphatic rings. The number of fused-ring (bicyclic) bond motifs is 1. The van der Waals surface area contributed by atoms with Crippen molar-refractivity contribution in [1.82, 2.24) is 0 Å². The molecule has 0 radical (unpaired) electrons. The van der Waals surface area contributed by atoms with Crippen LogP contribution in [0.5, 0.6) is 0 Å². The molecular weight excluding hydrogens is 290 g/mol. The van der Waals surface area contributed by atoms with E-state index in [1.165, 1.54) is 7.11 Å². The third-order valence-electron chi connectivity index (χ3n) is 3.82. The zero-order chi connectivity index (χ0) is 15.5. The van der Waals surface area contributed by atoms with E-state index in [-0.39, 0.29) is 6.61 Å². The van der Waals surface area contributed by atoms with E-state index in [1.807, 2.05) is 30.3 Å². The van der Waals surface area contributed by atoms with Crippen LogP contribution >= 0.6 is 0 Å². The lowest BCUT2D eigenvalue weighted by Crippen LogP contribution is -2.61. The van der Waals surface area contributed by atoms with E-state index in [1.54, 1.807) is 0 Å². The van der Waals surface area contributed by atoms with Crippen molar-refractivity contribution in [1.29, 1.82) is 0 Å². The van der Waals surface area contributed by atoms with Gasteiger partial charge in [0.1, 0.15) is 18.2 Å². The molecule has 6 atom stereocenters. The molecule has 8 nitrogen and oxygen atoms in total. The fourth-order valence-corrected chi connectivity index (χ4v) is 2.73. The lowest BCUT2D eigenvalue weighted by Gasteiger charge is -2.46. The molecule has 0 spiro atoms. The Labute approximate surface area is 127 Å². The van der Waals surface area contributed by atoms with Crippen molar-refractivity contribution < 1.29 is 24.1 Å². The molecule has 0 amide bonds. The third kappa shape index (κ3) is 2.80. The molecule has 1 N–H and O–H groups in total. The monoisotopic (exact) mass is 307 g/mol. The predicted molar refractivity (Wildman–Crippen MR) is 74.6 cm³/mol. The van der Waals surface area contributed by atoms with Gasteiger partial charge in [0.25, 0.3) is 0 Å². The molecule has 2 heterocycles. The predicted octanol–water partition coefficient (Wildman–Crippen LogP) is 1.51. The summed E-state index contributed by atoms with van der Waals surface area (Å²) in [5.41, 5.74) is 9.50. The molecular formula is C14H17N3O5. The van der Waals surface area contributed by atoms with Crippen LogP contribution in [0.2, 0.25) is 0 Å². The normalized spacial score (nSPS) is 37.9. The van der Waals surface area contributed by atoms with Gasteiger partial charge in [-0.25, -0.2) is 0 Å². The van der Waals surface area contributed by atoms with E-state index in [4.69, 9.17) is 24.5 Å². The first kappa shape index (κ1) is 15.2. The zero-order valence-corrected chi connectivity index (χ0v) is 12.0. The Morgan fingerprint density at radius 1 is 1.32 bits per heavy atom. The van der Waals surface area contributed by atoms with Crippen molar-refractivity contribution >= 4 is 0 Å². The van der Waals surface area contributed by atoms with Gasteiger partial charge in [0.05, 0.1) is 12.7 Å². The largest absolute Gasteiger partial charge is 0.390 e. The Balaban J connectivity index is 1.79. The minimum atomic E-state index is -1.03. The highest BCUT2D eigenvalue weighted by Gasteiger charge is 2.49. The average Bonchev–Trinajstić information content (AvgIpc) is 2.58. The smallest absolute Gasteiger partial charge is 0.184 e. The molecule has 3 rings (SSSR count). The molecule has 1 aromatic rings. The Kier molecular flexibility index (Phi) is 4.58. The first-order valence-electron chi connectivity index (χ1n) is 6.97. The summed E-state index contributed by atoms with van der Waals surface area (Å²) in [6.07, 6.45) is -3.58. The van der Waals surface area contributed by atoms with Crippen LogP contribution < -0.4 is 0 Å². The Morgan fingerprint density at radius 3 is 2.77 bits per heavy atom.